The van der Waals surface area contributed by atoms with E-state index >= 15 is 0 Å². The summed E-state index contributed by atoms with van der Waals surface area (Å²) in [5.74, 6) is -0.620. The van der Waals surface area contributed by atoms with Crippen LogP contribution in [0.25, 0.3) is 0 Å². The molecule has 0 saturated carbocycles. The maximum absolute atomic E-state index is 6.18. The Hall–Kier alpha value is -0.120. The first-order valence-corrected chi connectivity index (χ1v) is 9.94. The molecule has 23 heavy (non-hydrogen) atoms. The highest BCUT2D eigenvalue weighted by Gasteiger charge is 2.51. The fourth-order valence-corrected chi connectivity index (χ4v) is 3.76. The molecule has 140 valence electrons. The van der Waals surface area contributed by atoms with Gasteiger partial charge in [0.05, 0.1) is 0 Å². The van der Waals surface area contributed by atoms with Gasteiger partial charge in [0.15, 0.2) is 5.79 Å². The zero-order chi connectivity index (χ0) is 17.6. The van der Waals surface area contributed by atoms with Crippen LogP contribution in [0.1, 0.15) is 98.8 Å². The van der Waals surface area contributed by atoms with Crippen LogP contribution in [0.2, 0.25) is 0 Å². The maximum Gasteiger partial charge on any atom is 0.197 e. The second-order valence-corrected chi connectivity index (χ2v) is 6.44. The molecule has 1 atom stereocenters. The molecule has 0 rings (SSSR count). The third-order valence-corrected chi connectivity index (χ3v) is 4.89. The highest BCUT2D eigenvalue weighted by atomic mass is 16.7. The fraction of sp³-hybridized carbons (Fsp3) is 1.00. The quantitative estimate of drug-likeness (QED) is 0.253. The van der Waals surface area contributed by atoms with E-state index in [1.165, 1.54) is 38.5 Å². The minimum Gasteiger partial charge on any atom is -0.373 e. The lowest BCUT2D eigenvalue weighted by molar-refractivity contribution is -0.330. The Morgan fingerprint density at radius 1 is 0.652 bits per heavy atom. The minimum absolute atomic E-state index is 0.340. The average Bonchev–Trinajstić information content (AvgIpc) is 2.56. The summed E-state index contributed by atoms with van der Waals surface area (Å²) in [6.45, 7) is 12.0. The lowest BCUT2D eigenvalue weighted by Crippen LogP contribution is -2.58. The van der Waals surface area contributed by atoms with Gasteiger partial charge in [-0.25, -0.2) is 0 Å². The molecule has 0 heterocycles. The molecule has 0 fully saturated rings. The summed E-state index contributed by atoms with van der Waals surface area (Å²) in [4.78, 5) is 0. The molecule has 0 N–H and O–H groups in total. The van der Waals surface area contributed by atoms with Gasteiger partial charge >= 0.3 is 0 Å². The zero-order valence-electron chi connectivity index (χ0n) is 16.7. The van der Waals surface area contributed by atoms with E-state index in [9.17, 15) is 0 Å². The second kappa shape index (κ2) is 13.2. The highest BCUT2D eigenvalue weighted by molar-refractivity contribution is 4.96. The van der Waals surface area contributed by atoms with Crippen LogP contribution in [-0.4, -0.2) is 31.7 Å². The number of unbranched alkanes of at least 4 members (excludes halogenated alkanes) is 5. The largest absolute Gasteiger partial charge is 0.373 e. The van der Waals surface area contributed by atoms with Crippen LogP contribution in [0, 0.1) is 0 Å². The van der Waals surface area contributed by atoms with Gasteiger partial charge in [0.25, 0.3) is 0 Å². The van der Waals surface area contributed by atoms with Gasteiger partial charge in [0, 0.05) is 26.7 Å². The number of hydrogen-bond acceptors (Lipinski definition) is 3. The Morgan fingerprint density at radius 2 is 1.22 bits per heavy atom. The standard InChI is InChI=1S/C20H42O3/c1-7-12-13-14-15-16-18-19(21-6,17-8-2)20(9-3,22-10-4)23-11-5/h7-18H2,1-6H3. The molecule has 3 heteroatoms. The van der Waals surface area contributed by atoms with Crippen molar-refractivity contribution in [1.82, 2.24) is 0 Å². The third-order valence-electron chi connectivity index (χ3n) is 4.89. The van der Waals surface area contributed by atoms with E-state index in [4.69, 9.17) is 14.2 Å². The molecule has 3 nitrogen and oxygen atoms in total. The summed E-state index contributed by atoms with van der Waals surface area (Å²) in [5, 5.41) is 0. The molecule has 0 aliphatic carbocycles. The van der Waals surface area contributed by atoms with Crippen molar-refractivity contribution in [1.29, 1.82) is 0 Å². The first-order chi connectivity index (χ1) is 11.1. The number of rotatable bonds is 16. The third kappa shape index (κ3) is 6.72. The molecule has 0 bridgehead atoms. The van der Waals surface area contributed by atoms with E-state index in [0.29, 0.717) is 13.2 Å². The molecule has 0 saturated heterocycles. The molecule has 0 aliphatic heterocycles. The Balaban J connectivity index is 5.01. The van der Waals surface area contributed by atoms with E-state index in [1.807, 2.05) is 21.0 Å². The molecular formula is C20H42O3. The molecular weight excluding hydrogens is 288 g/mol. The SMILES string of the molecule is CCCCCCCCC(CCC)(OC)C(CC)(OCC)OCC. The Kier molecular flexibility index (Phi) is 13.1. The summed E-state index contributed by atoms with van der Waals surface area (Å²) >= 11 is 0. The zero-order valence-corrected chi connectivity index (χ0v) is 16.7. The van der Waals surface area contributed by atoms with Gasteiger partial charge in [-0.15, -0.1) is 0 Å². The van der Waals surface area contributed by atoms with E-state index in [0.717, 1.165) is 25.7 Å². The first kappa shape index (κ1) is 22.9. The summed E-state index contributed by atoms with van der Waals surface area (Å²) in [6.07, 6.45) is 11.6. The van der Waals surface area contributed by atoms with Crippen molar-refractivity contribution in [3.63, 3.8) is 0 Å². The highest BCUT2D eigenvalue weighted by Crippen LogP contribution is 2.41. The molecule has 0 aromatic carbocycles. The van der Waals surface area contributed by atoms with Gasteiger partial charge in [-0.1, -0.05) is 65.7 Å². The second-order valence-electron chi connectivity index (χ2n) is 6.44. The van der Waals surface area contributed by atoms with Gasteiger partial charge in [-0.3, -0.25) is 0 Å². The van der Waals surface area contributed by atoms with Crippen molar-refractivity contribution < 1.29 is 14.2 Å². The predicted molar refractivity (Wildman–Crippen MR) is 98.9 cm³/mol. The molecule has 0 aromatic heterocycles. The lowest BCUT2D eigenvalue weighted by atomic mass is 9.81. The Morgan fingerprint density at radius 3 is 1.65 bits per heavy atom. The van der Waals surface area contributed by atoms with Crippen molar-refractivity contribution in [2.45, 2.75) is 110 Å². The van der Waals surface area contributed by atoms with Gasteiger partial charge in [0.1, 0.15) is 5.60 Å². The predicted octanol–water partition coefficient (Wildman–Crippen LogP) is 6.10. The van der Waals surface area contributed by atoms with Crippen molar-refractivity contribution in [2.75, 3.05) is 20.3 Å². The minimum atomic E-state index is -0.620. The fourth-order valence-electron chi connectivity index (χ4n) is 3.76. The van der Waals surface area contributed by atoms with Gasteiger partial charge in [-0.05, 0) is 26.7 Å². The molecule has 0 aromatic rings. The van der Waals surface area contributed by atoms with Crippen molar-refractivity contribution in [2.24, 2.45) is 0 Å². The van der Waals surface area contributed by atoms with Crippen LogP contribution < -0.4 is 0 Å². The summed E-state index contributed by atoms with van der Waals surface area (Å²) in [6, 6.07) is 0. The average molecular weight is 331 g/mol. The van der Waals surface area contributed by atoms with E-state index < -0.39 is 5.79 Å². The van der Waals surface area contributed by atoms with Crippen LogP contribution >= 0.6 is 0 Å². The first-order valence-electron chi connectivity index (χ1n) is 9.94. The maximum atomic E-state index is 6.18. The van der Waals surface area contributed by atoms with E-state index in [-0.39, 0.29) is 5.60 Å². The molecule has 0 radical (unpaired) electrons. The lowest BCUT2D eigenvalue weighted by Gasteiger charge is -2.48. The van der Waals surface area contributed by atoms with E-state index in [1.54, 1.807) is 0 Å². The Bertz CT molecular complexity index is 262. The molecule has 0 spiro atoms. The van der Waals surface area contributed by atoms with Crippen LogP contribution in [0.4, 0.5) is 0 Å². The smallest absolute Gasteiger partial charge is 0.197 e. The number of ether oxygens (including phenoxy) is 3. The topological polar surface area (TPSA) is 27.7 Å². The van der Waals surface area contributed by atoms with Gasteiger partial charge in [0.2, 0.25) is 0 Å². The monoisotopic (exact) mass is 330 g/mol. The normalized spacial score (nSPS) is 14.9. The van der Waals surface area contributed by atoms with E-state index in [2.05, 4.69) is 20.8 Å². The molecule has 0 amide bonds. The van der Waals surface area contributed by atoms with Gasteiger partial charge in [-0.2, -0.15) is 0 Å². The van der Waals surface area contributed by atoms with Crippen molar-refractivity contribution in [3.8, 4) is 0 Å². The Labute approximate surface area is 145 Å². The van der Waals surface area contributed by atoms with Crippen LogP contribution in [0.5, 0.6) is 0 Å². The van der Waals surface area contributed by atoms with Crippen LogP contribution in [0.3, 0.4) is 0 Å². The van der Waals surface area contributed by atoms with Crippen LogP contribution in [0.15, 0.2) is 0 Å². The molecule has 0 aliphatic rings. The summed E-state index contributed by atoms with van der Waals surface area (Å²) in [5.41, 5.74) is -0.340. The summed E-state index contributed by atoms with van der Waals surface area (Å²) < 4.78 is 18.5. The van der Waals surface area contributed by atoms with Crippen molar-refractivity contribution >= 4 is 0 Å². The summed E-state index contributed by atoms with van der Waals surface area (Å²) in [7, 11) is 1.83. The number of hydrogen-bond donors (Lipinski definition) is 0. The van der Waals surface area contributed by atoms with Crippen molar-refractivity contribution in [3.05, 3.63) is 0 Å². The van der Waals surface area contributed by atoms with Crippen LogP contribution in [-0.2, 0) is 14.2 Å². The van der Waals surface area contributed by atoms with Gasteiger partial charge < -0.3 is 14.2 Å². The number of methoxy groups -OCH3 is 1. The molecule has 1 unspecified atom stereocenters.